The number of halogens is 1. The van der Waals surface area contributed by atoms with E-state index in [0.29, 0.717) is 10.2 Å². The van der Waals surface area contributed by atoms with Crippen LogP contribution in [0, 0.1) is 17.0 Å². The van der Waals surface area contributed by atoms with Crippen LogP contribution in [-0.2, 0) is 4.79 Å². The molecular weight excluding hydrogens is 354 g/mol. The SMILES string of the molecule is Cc1ccc(OC(=O)COc2ccccc2[N+](=O)[O-])c(Br)c1. The molecule has 0 saturated heterocycles. The van der Waals surface area contributed by atoms with Gasteiger partial charge in [-0.15, -0.1) is 0 Å². The van der Waals surface area contributed by atoms with Gasteiger partial charge in [-0.2, -0.15) is 0 Å². The first-order chi connectivity index (χ1) is 10.5. The minimum Gasteiger partial charge on any atom is -0.475 e. The Morgan fingerprint density at radius 1 is 1.23 bits per heavy atom. The summed E-state index contributed by atoms with van der Waals surface area (Å²) in [6, 6.07) is 11.1. The fourth-order valence-corrected chi connectivity index (χ4v) is 2.28. The standard InChI is InChI=1S/C15H12BrNO5/c1-10-6-7-13(11(16)8-10)22-15(18)9-21-14-5-3-2-4-12(14)17(19)20/h2-8H,9H2,1H3. The predicted molar refractivity (Wildman–Crippen MR) is 83.1 cm³/mol. The first kappa shape index (κ1) is 16.0. The van der Waals surface area contributed by atoms with Gasteiger partial charge in [-0.3, -0.25) is 10.1 Å². The summed E-state index contributed by atoms with van der Waals surface area (Å²) in [6.07, 6.45) is 0. The van der Waals surface area contributed by atoms with Gasteiger partial charge in [0.1, 0.15) is 5.75 Å². The lowest BCUT2D eigenvalue weighted by atomic mass is 10.2. The van der Waals surface area contributed by atoms with Crippen LogP contribution in [0.15, 0.2) is 46.9 Å². The number of hydrogen-bond donors (Lipinski definition) is 0. The van der Waals surface area contributed by atoms with E-state index < -0.39 is 17.5 Å². The maximum Gasteiger partial charge on any atom is 0.349 e. The average molecular weight is 366 g/mol. The van der Waals surface area contributed by atoms with Crippen LogP contribution >= 0.6 is 15.9 Å². The van der Waals surface area contributed by atoms with E-state index in [1.807, 2.05) is 13.0 Å². The number of nitro groups is 1. The molecule has 2 rings (SSSR count). The molecule has 2 aromatic rings. The van der Waals surface area contributed by atoms with Crippen LogP contribution in [0.25, 0.3) is 0 Å². The number of esters is 1. The van der Waals surface area contributed by atoms with Crippen molar-refractivity contribution in [2.45, 2.75) is 6.92 Å². The highest BCUT2D eigenvalue weighted by atomic mass is 79.9. The normalized spacial score (nSPS) is 10.1. The average Bonchev–Trinajstić information content (AvgIpc) is 2.48. The van der Waals surface area contributed by atoms with Gasteiger partial charge < -0.3 is 9.47 Å². The van der Waals surface area contributed by atoms with Crippen molar-refractivity contribution in [2.75, 3.05) is 6.61 Å². The van der Waals surface area contributed by atoms with Gasteiger partial charge >= 0.3 is 11.7 Å². The Bertz CT molecular complexity index is 717. The van der Waals surface area contributed by atoms with Crippen LogP contribution in [0.4, 0.5) is 5.69 Å². The summed E-state index contributed by atoms with van der Waals surface area (Å²) < 4.78 is 11.0. The number of ether oxygens (including phenoxy) is 2. The van der Waals surface area contributed by atoms with Crippen LogP contribution in [0.1, 0.15) is 5.56 Å². The lowest BCUT2D eigenvalue weighted by molar-refractivity contribution is -0.385. The van der Waals surface area contributed by atoms with E-state index in [2.05, 4.69) is 15.9 Å². The van der Waals surface area contributed by atoms with Gasteiger partial charge in [-0.05, 0) is 46.6 Å². The molecule has 7 heteroatoms. The maximum absolute atomic E-state index is 11.8. The van der Waals surface area contributed by atoms with Crippen molar-refractivity contribution in [2.24, 2.45) is 0 Å². The summed E-state index contributed by atoms with van der Waals surface area (Å²) in [6.45, 7) is 1.49. The van der Waals surface area contributed by atoms with Crippen LogP contribution in [0.2, 0.25) is 0 Å². The van der Waals surface area contributed by atoms with Crippen molar-refractivity contribution in [3.05, 3.63) is 62.6 Å². The monoisotopic (exact) mass is 365 g/mol. The van der Waals surface area contributed by atoms with Gasteiger partial charge in [0, 0.05) is 6.07 Å². The van der Waals surface area contributed by atoms with Crippen molar-refractivity contribution in [3.8, 4) is 11.5 Å². The number of carbonyl (C=O) groups is 1. The van der Waals surface area contributed by atoms with Gasteiger partial charge in [-0.25, -0.2) is 4.79 Å². The predicted octanol–water partition coefficient (Wildman–Crippen LogP) is 3.65. The molecule has 22 heavy (non-hydrogen) atoms. The van der Waals surface area contributed by atoms with E-state index in [-0.39, 0.29) is 11.4 Å². The molecule has 6 nitrogen and oxygen atoms in total. The summed E-state index contributed by atoms with van der Waals surface area (Å²) in [5.74, 6) is -0.267. The van der Waals surface area contributed by atoms with Crippen LogP contribution < -0.4 is 9.47 Å². The second-order valence-electron chi connectivity index (χ2n) is 4.42. The molecule has 0 radical (unpaired) electrons. The van der Waals surface area contributed by atoms with E-state index >= 15 is 0 Å². The van der Waals surface area contributed by atoms with Gasteiger partial charge in [-0.1, -0.05) is 18.2 Å². The molecule has 0 N–H and O–H groups in total. The minimum atomic E-state index is -0.650. The third-order valence-corrected chi connectivity index (χ3v) is 3.34. The molecule has 0 bridgehead atoms. The lowest BCUT2D eigenvalue weighted by Crippen LogP contribution is -2.18. The third-order valence-electron chi connectivity index (χ3n) is 2.72. The molecule has 0 fully saturated rings. The second-order valence-corrected chi connectivity index (χ2v) is 5.28. The highest BCUT2D eigenvalue weighted by Crippen LogP contribution is 2.27. The number of hydrogen-bond acceptors (Lipinski definition) is 5. The highest BCUT2D eigenvalue weighted by Gasteiger charge is 2.16. The van der Waals surface area contributed by atoms with Gasteiger partial charge in [0.05, 0.1) is 9.40 Å². The maximum atomic E-state index is 11.8. The Kier molecular flexibility index (Phi) is 5.11. The number of nitrogens with zero attached hydrogens (tertiary/aromatic N) is 1. The third kappa shape index (κ3) is 4.05. The van der Waals surface area contributed by atoms with Crippen molar-refractivity contribution in [1.82, 2.24) is 0 Å². The smallest absolute Gasteiger partial charge is 0.349 e. The van der Waals surface area contributed by atoms with Crippen LogP contribution in [0.5, 0.6) is 11.5 Å². The van der Waals surface area contributed by atoms with E-state index in [0.717, 1.165) is 5.56 Å². The van der Waals surface area contributed by atoms with Crippen LogP contribution in [-0.4, -0.2) is 17.5 Å². The van der Waals surface area contributed by atoms with Gasteiger partial charge in [0.25, 0.3) is 0 Å². The first-order valence-corrected chi connectivity index (χ1v) is 7.09. The minimum absolute atomic E-state index is 0.0208. The molecule has 2 aromatic carbocycles. The molecule has 0 aromatic heterocycles. The zero-order valence-corrected chi connectivity index (χ0v) is 13.2. The Morgan fingerprint density at radius 3 is 2.64 bits per heavy atom. The summed E-state index contributed by atoms with van der Waals surface area (Å²) >= 11 is 3.29. The van der Waals surface area contributed by atoms with E-state index in [4.69, 9.17) is 9.47 Å². The topological polar surface area (TPSA) is 78.7 Å². The number of nitro benzene ring substituents is 1. The fourth-order valence-electron chi connectivity index (χ4n) is 1.71. The Hall–Kier alpha value is -2.41. The number of para-hydroxylation sites is 2. The molecule has 0 spiro atoms. The molecule has 0 atom stereocenters. The van der Waals surface area contributed by atoms with E-state index in [1.165, 1.54) is 18.2 Å². The first-order valence-electron chi connectivity index (χ1n) is 6.30. The molecule has 0 heterocycles. The number of aryl methyl sites for hydroxylation is 1. The van der Waals surface area contributed by atoms with E-state index in [1.54, 1.807) is 18.2 Å². The van der Waals surface area contributed by atoms with Crippen molar-refractivity contribution in [1.29, 1.82) is 0 Å². The summed E-state index contributed by atoms with van der Waals surface area (Å²) in [5, 5.41) is 10.8. The lowest BCUT2D eigenvalue weighted by Gasteiger charge is -2.08. The largest absolute Gasteiger partial charge is 0.475 e. The Morgan fingerprint density at radius 2 is 1.95 bits per heavy atom. The van der Waals surface area contributed by atoms with Crippen molar-refractivity contribution < 1.29 is 19.2 Å². The number of carbonyl (C=O) groups excluding carboxylic acids is 1. The van der Waals surface area contributed by atoms with Gasteiger partial charge in [0.15, 0.2) is 12.4 Å². The quantitative estimate of drug-likeness (QED) is 0.349. The van der Waals surface area contributed by atoms with Gasteiger partial charge in [0.2, 0.25) is 0 Å². The molecule has 0 unspecified atom stereocenters. The molecule has 0 aliphatic carbocycles. The summed E-state index contributed by atoms with van der Waals surface area (Å²) in [7, 11) is 0. The number of rotatable bonds is 5. The molecule has 0 aliphatic rings. The molecular formula is C15H12BrNO5. The fraction of sp³-hybridized carbons (Fsp3) is 0.133. The molecule has 0 amide bonds. The summed E-state index contributed by atoms with van der Waals surface area (Å²) in [5.41, 5.74) is 0.814. The van der Waals surface area contributed by atoms with Crippen LogP contribution in [0.3, 0.4) is 0 Å². The van der Waals surface area contributed by atoms with Crippen molar-refractivity contribution >= 4 is 27.6 Å². The zero-order valence-electron chi connectivity index (χ0n) is 11.6. The zero-order chi connectivity index (χ0) is 16.1. The molecule has 114 valence electrons. The van der Waals surface area contributed by atoms with Crippen molar-refractivity contribution in [3.63, 3.8) is 0 Å². The Labute approximate surface area is 134 Å². The summed E-state index contributed by atoms with van der Waals surface area (Å²) in [4.78, 5) is 22.0. The Balaban J connectivity index is 2.00. The highest BCUT2D eigenvalue weighted by molar-refractivity contribution is 9.10. The second kappa shape index (κ2) is 7.04. The van der Waals surface area contributed by atoms with E-state index in [9.17, 15) is 14.9 Å². The molecule has 0 aliphatic heterocycles. The number of benzene rings is 2. The molecule has 0 saturated carbocycles.